The van der Waals surface area contributed by atoms with Crippen molar-refractivity contribution in [3.05, 3.63) is 53.6 Å². The second-order valence-corrected chi connectivity index (χ2v) is 4.73. The highest BCUT2D eigenvalue weighted by Gasteiger charge is 2.18. The number of allylic oxidation sites excluding steroid dienone is 1. The maximum Gasteiger partial charge on any atom is 0.0973 e. The number of nitrogens with one attached hydrogen (secondary N) is 2. The second kappa shape index (κ2) is 3.81. The molecule has 0 saturated heterocycles. The lowest BCUT2D eigenvalue weighted by Crippen LogP contribution is -2.16. The van der Waals surface area contributed by atoms with Gasteiger partial charge in [-0.1, -0.05) is 12.1 Å². The smallest absolute Gasteiger partial charge is 0.0973 e. The lowest BCUT2D eigenvalue weighted by atomic mass is 9.93. The standard InChI is InChI=1S/C16H10N4/c17-11-7-5-10-9(15(11)18)6-8-14-16(10)20-13-4-2-1-3-12(13)19-14/h1-8,17-18H. The zero-order valence-corrected chi connectivity index (χ0v) is 10.5. The summed E-state index contributed by atoms with van der Waals surface area (Å²) in [5.74, 6) is 0. The number of hydrogen-bond acceptors (Lipinski definition) is 4. The first-order valence-corrected chi connectivity index (χ1v) is 6.29. The fourth-order valence-corrected chi connectivity index (χ4v) is 2.49. The predicted octanol–water partition coefficient (Wildman–Crippen LogP) is 3.20. The largest absolute Gasteiger partial charge is 0.299 e. The molecule has 0 amide bonds. The van der Waals surface area contributed by atoms with E-state index < -0.39 is 0 Å². The van der Waals surface area contributed by atoms with Crippen LogP contribution in [0, 0.1) is 10.8 Å². The van der Waals surface area contributed by atoms with Crippen molar-refractivity contribution in [1.29, 1.82) is 10.8 Å². The summed E-state index contributed by atoms with van der Waals surface area (Å²) in [6, 6.07) is 11.5. The first kappa shape index (κ1) is 11.0. The van der Waals surface area contributed by atoms with E-state index in [1.165, 1.54) is 0 Å². The van der Waals surface area contributed by atoms with Crippen LogP contribution in [0.5, 0.6) is 0 Å². The number of nitrogens with zero attached hydrogens (tertiary/aromatic N) is 2. The molecule has 0 bridgehead atoms. The number of para-hydroxylation sites is 2. The maximum absolute atomic E-state index is 7.99. The summed E-state index contributed by atoms with van der Waals surface area (Å²) >= 11 is 0. The number of fused-ring (bicyclic) bond motifs is 4. The maximum atomic E-state index is 7.99. The van der Waals surface area contributed by atoms with Gasteiger partial charge in [0.05, 0.1) is 33.5 Å². The molecule has 2 N–H and O–H groups in total. The van der Waals surface area contributed by atoms with Crippen molar-refractivity contribution in [3.63, 3.8) is 0 Å². The molecule has 0 radical (unpaired) electrons. The van der Waals surface area contributed by atoms with Crippen LogP contribution in [0.4, 0.5) is 0 Å². The van der Waals surface area contributed by atoms with E-state index in [-0.39, 0.29) is 11.4 Å². The average Bonchev–Trinajstić information content (AvgIpc) is 2.48. The number of rotatable bonds is 0. The van der Waals surface area contributed by atoms with Crippen LogP contribution in [0.15, 0.2) is 42.5 Å². The minimum Gasteiger partial charge on any atom is -0.299 e. The van der Waals surface area contributed by atoms with Crippen LogP contribution in [0.3, 0.4) is 0 Å². The van der Waals surface area contributed by atoms with E-state index in [0.29, 0.717) is 0 Å². The Morgan fingerprint density at radius 1 is 0.750 bits per heavy atom. The lowest BCUT2D eigenvalue weighted by Gasteiger charge is -2.14. The Labute approximate surface area is 114 Å². The predicted molar refractivity (Wildman–Crippen MR) is 80.6 cm³/mol. The summed E-state index contributed by atoms with van der Waals surface area (Å²) in [4.78, 5) is 9.28. The van der Waals surface area contributed by atoms with Gasteiger partial charge in [-0.15, -0.1) is 0 Å². The van der Waals surface area contributed by atoms with E-state index in [1.807, 2.05) is 42.5 Å². The molecule has 0 fully saturated rings. The Morgan fingerprint density at radius 2 is 1.50 bits per heavy atom. The Hall–Kier alpha value is -2.88. The van der Waals surface area contributed by atoms with E-state index in [9.17, 15) is 0 Å². The van der Waals surface area contributed by atoms with Crippen LogP contribution in [0.1, 0.15) is 11.1 Å². The summed E-state index contributed by atoms with van der Waals surface area (Å²) in [5.41, 5.74) is 5.39. The van der Waals surface area contributed by atoms with Gasteiger partial charge >= 0.3 is 0 Å². The van der Waals surface area contributed by atoms with E-state index in [4.69, 9.17) is 10.8 Å². The van der Waals surface area contributed by atoms with Gasteiger partial charge in [0.2, 0.25) is 0 Å². The van der Waals surface area contributed by atoms with Gasteiger partial charge in [-0.3, -0.25) is 10.8 Å². The molecule has 1 aliphatic carbocycles. The molecule has 0 aliphatic heterocycles. The van der Waals surface area contributed by atoms with Crippen LogP contribution < -0.4 is 0 Å². The molecule has 94 valence electrons. The molecule has 0 saturated carbocycles. The Bertz CT molecular complexity index is 938. The molecule has 1 aromatic heterocycles. The van der Waals surface area contributed by atoms with Crippen LogP contribution in [0.25, 0.3) is 28.1 Å². The topological polar surface area (TPSA) is 73.5 Å². The summed E-state index contributed by atoms with van der Waals surface area (Å²) in [5, 5.41) is 15.7. The van der Waals surface area contributed by atoms with Gasteiger partial charge in [0, 0.05) is 11.1 Å². The summed E-state index contributed by atoms with van der Waals surface area (Å²) in [7, 11) is 0. The van der Waals surface area contributed by atoms with Gasteiger partial charge in [0.1, 0.15) is 0 Å². The normalized spacial score (nSPS) is 14.0. The molecule has 4 rings (SSSR count). The van der Waals surface area contributed by atoms with Gasteiger partial charge < -0.3 is 0 Å². The van der Waals surface area contributed by atoms with E-state index in [2.05, 4.69) is 9.97 Å². The van der Waals surface area contributed by atoms with Crippen LogP contribution in [0.2, 0.25) is 0 Å². The molecule has 4 nitrogen and oxygen atoms in total. The fourth-order valence-electron chi connectivity index (χ4n) is 2.49. The molecular weight excluding hydrogens is 248 g/mol. The average molecular weight is 258 g/mol. The number of hydrogen-bond donors (Lipinski definition) is 2. The van der Waals surface area contributed by atoms with Gasteiger partial charge in [-0.05, 0) is 36.4 Å². The van der Waals surface area contributed by atoms with E-state index in [0.717, 1.165) is 33.2 Å². The zero-order valence-electron chi connectivity index (χ0n) is 10.5. The number of benzene rings is 2. The Kier molecular flexibility index (Phi) is 2.09. The Balaban J connectivity index is 2.15. The highest BCUT2D eigenvalue weighted by atomic mass is 14.8. The first-order valence-electron chi connectivity index (χ1n) is 6.29. The molecule has 1 aliphatic rings. The Morgan fingerprint density at radius 3 is 2.30 bits per heavy atom. The van der Waals surface area contributed by atoms with Crippen molar-refractivity contribution >= 4 is 39.6 Å². The summed E-state index contributed by atoms with van der Waals surface area (Å²) < 4.78 is 0. The second-order valence-electron chi connectivity index (χ2n) is 4.73. The van der Waals surface area contributed by atoms with Gasteiger partial charge in [-0.25, -0.2) is 9.97 Å². The third-order valence-corrected chi connectivity index (χ3v) is 3.51. The molecular formula is C16H10N4. The summed E-state index contributed by atoms with van der Waals surface area (Å²) in [6.45, 7) is 0. The minimum atomic E-state index is 0.227. The molecule has 0 atom stereocenters. The van der Waals surface area contributed by atoms with E-state index in [1.54, 1.807) is 6.08 Å². The molecule has 0 spiro atoms. The van der Waals surface area contributed by atoms with Crippen LogP contribution in [-0.2, 0) is 0 Å². The molecule has 4 heteroatoms. The van der Waals surface area contributed by atoms with Crippen molar-refractivity contribution in [2.45, 2.75) is 0 Å². The third kappa shape index (κ3) is 1.42. The summed E-state index contributed by atoms with van der Waals surface area (Å²) in [6.07, 6.45) is 3.49. The van der Waals surface area contributed by atoms with Crippen molar-refractivity contribution in [2.24, 2.45) is 0 Å². The van der Waals surface area contributed by atoms with Gasteiger partial charge in [-0.2, -0.15) is 0 Å². The SMILES string of the molecule is N=C1C=Cc2c(ccc3nc4ccccc4nc23)C1=N. The van der Waals surface area contributed by atoms with Crippen molar-refractivity contribution in [2.75, 3.05) is 0 Å². The van der Waals surface area contributed by atoms with Gasteiger partial charge in [0.15, 0.2) is 0 Å². The van der Waals surface area contributed by atoms with Crippen molar-refractivity contribution < 1.29 is 0 Å². The van der Waals surface area contributed by atoms with E-state index >= 15 is 0 Å². The highest BCUT2D eigenvalue weighted by Crippen LogP contribution is 2.26. The lowest BCUT2D eigenvalue weighted by molar-refractivity contribution is 1.37. The monoisotopic (exact) mass is 258 g/mol. The van der Waals surface area contributed by atoms with Crippen LogP contribution in [-0.4, -0.2) is 21.4 Å². The van der Waals surface area contributed by atoms with Gasteiger partial charge in [0.25, 0.3) is 0 Å². The fraction of sp³-hybridized carbons (Fsp3) is 0. The molecule has 3 aromatic rings. The molecule has 1 heterocycles. The minimum absolute atomic E-state index is 0.227. The molecule has 0 unspecified atom stereocenters. The first-order chi connectivity index (χ1) is 9.74. The zero-order chi connectivity index (χ0) is 13.7. The third-order valence-electron chi connectivity index (χ3n) is 3.51. The van der Waals surface area contributed by atoms with Crippen LogP contribution >= 0.6 is 0 Å². The van der Waals surface area contributed by atoms with Crippen molar-refractivity contribution in [1.82, 2.24) is 9.97 Å². The highest BCUT2D eigenvalue weighted by molar-refractivity contribution is 6.52. The molecule has 20 heavy (non-hydrogen) atoms. The number of aromatic nitrogens is 2. The van der Waals surface area contributed by atoms with Crippen molar-refractivity contribution in [3.8, 4) is 0 Å². The quantitative estimate of drug-likeness (QED) is 0.608. The molecule has 2 aromatic carbocycles.